The second kappa shape index (κ2) is 3.51. The van der Waals surface area contributed by atoms with Gasteiger partial charge in [-0.15, -0.1) is 11.3 Å². The van der Waals surface area contributed by atoms with Crippen molar-refractivity contribution in [3.05, 3.63) is 11.1 Å². The highest BCUT2D eigenvalue weighted by Crippen LogP contribution is 2.30. The normalized spacial score (nSPS) is 32.1. The van der Waals surface area contributed by atoms with Crippen LogP contribution < -0.4 is 5.32 Å². The van der Waals surface area contributed by atoms with Crippen molar-refractivity contribution in [2.75, 3.05) is 11.9 Å². The summed E-state index contributed by atoms with van der Waals surface area (Å²) in [5, 5.41) is 6.53. The molecule has 0 radical (unpaired) electrons. The van der Waals surface area contributed by atoms with Gasteiger partial charge >= 0.3 is 0 Å². The molecule has 2 rings (SSSR count). The van der Waals surface area contributed by atoms with Gasteiger partial charge in [-0.1, -0.05) is 0 Å². The van der Waals surface area contributed by atoms with Gasteiger partial charge in [-0.05, 0) is 27.2 Å². The quantitative estimate of drug-likeness (QED) is 0.817. The molecule has 14 heavy (non-hydrogen) atoms. The molecular formula is C10H16N2OS. The van der Waals surface area contributed by atoms with Crippen molar-refractivity contribution >= 4 is 16.5 Å². The van der Waals surface area contributed by atoms with Crippen LogP contribution in [0.25, 0.3) is 0 Å². The molecule has 0 spiro atoms. The summed E-state index contributed by atoms with van der Waals surface area (Å²) in [6.07, 6.45) is 1.30. The van der Waals surface area contributed by atoms with Crippen LogP contribution in [0.5, 0.6) is 0 Å². The van der Waals surface area contributed by atoms with Crippen LogP contribution in [-0.2, 0) is 4.74 Å². The second-order valence-electron chi connectivity index (χ2n) is 4.10. The number of thiazole rings is 1. The molecule has 2 heterocycles. The van der Waals surface area contributed by atoms with Gasteiger partial charge in [-0.3, -0.25) is 0 Å². The first-order valence-corrected chi connectivity index (χ1v) is 5.80. The first-order chi connectivity index (χ1) is 6.60. The molecule has 4 heteroatoms. The van der Waals surface area contributed by atoms with E-state index in [0.717, 1.165) is 23.9 Å². The standard InChI is InChI=1S/C10H16N2OS/c1-7-6-14-9(11-7)12-10(3)4-5-13-8(10)2/h6,8H,4-5H2,1-3H3,(H,11,12). The largest absolute Gasteiger partial charge is 0.376 e. The van der Waals surface area contributed by atoms with E-state index >= 15 is 0 Å². The number of nitrogens with one attached hydrogen (secondary N) is 1. The molecule has 1 N–H and O–H groups in total. The third kappa shape index (κ3) is 1.77. The lowest BCUT2D eigenvalue weighted by Crippen LogP contribution is -2.41. The molecule has 1 fully saturated rings. The third-order valence-electron chi connectivity index (χ3n) is 2.90. The van der Waals surface area contributed by atoms with E-state index < -0.39 is 0 Å². The number of aryl methyl sites for hydroxylation is 1. The number of hydrogen-bond acceptors (Lipinski definition) is 4. The van der Waals surface area contributed by atoms with Crippen LogP contribution in [0.15, 0.2) is 5.38 Å². The van der Waals surface area contributed by atoms with E-state index in [2.05, 4.69) is 29.5 Å². The molecule has 0 saturated carbocycles. The monoisotopic (exact) mass is 212 g/mol. The van der Waals surface area contributed by atoms with Crippen molar-refractivity contribution in [3.63, 3.8) is 0 Å². The van der Waals surface area contributed by atoms with Crippen LogP contribution in [-0.4, -0.2) is 23.2 Å². The maximum Gasteiger partial charge on any atom is 0.183 e. The first kappa shape index (κ1) is 9.93. The molecule has 78 valence electrons. The van der Waals surface area contributed by atoms with Gasteiger partial charge in [-0.25, -0.2) is 4.98 Å². The zero-order chi connectivity index (χ0) is 10.2. The summed E-state index contributed by atoms with van der Waals surface area (Å²) in [5.41, 5.74) is 1.12. The average molecular weight is 212 g/mol. The molecule has 1 aromatic rings. The molecule has 1 saturated heterocycles. The van der Waals surface area contributed by atoms with Crippen molar-refractivity contribution < 1.29 is 4.74 Å². The lowest BCUT2D eigenvalue weighted by Gasteiger charge is -2.28. The molecule has 2 unspecified atom stereocenters. The number of nitrogens with zero attached hydrogens (tertiary/aromatic N) is 1. The third-order valence-corrected chi connectivity index (χ3v) is 3.77. The molecule has 0 bridgehead atoms. The SMILES string of the molecule is Cc1csc(NC2(C)CCOC2C)n1. The fourth-order valence-electron chi connectivity index (χ4n) is 1.65. The topological polar surface area (TPSA) is 34.1 Å². The predicted octanol–water partition coefficient (Wildman–Crippen LogP) is 2.43. The van der Waals surface area contributed by atoms with Crippen LogP contribution >= 0.6 is 11.3 Å². The van der Waals surface area contributed by atoms with E-state index in [1.54, 1.807) is 11.3 Å². The van der Waals surface area contributed by atoms with Crippen LogP contribution in [0.4, 0.5) is 5.13 Å². The van der Waals surface area contributed by atoms with Gasteiger partial charge in [0.15, 0.2) is 5.13 Å². The van der Waals surface area contributed by atoms with Gasteiger partial charge < -0.3 is 10.1 Å². The molecular weight excluding hydrogens is 196 g/mol. The van der Waals surface area contributed by atoms with Crippen LogP contribution in [0.1, 0.15) is 26.0 Å². The molecule has 1 aliphatic rings. The fraction of sp³-hybridized carbons (Fsp3) is 0.700. The van der Waals surface area contributed by atoms with E-state index in [4.69, 9.17) is 4.74 Å². The van der Waals surface area contributed by atoms with Crippen LogP contribution in [0.2, 0.25) is 0 Å². The second-order valence-corrected chi connectivity index (χ2v) is 4.96. The van der Waals surface area contributed by atoms with Crippen LogP contribution in [0, 0.1) is 6.92 Å². The minimum Gasteiger partial charge on any atom is -0.376 e. The van der Waals surface area contributed by atoms with E-state index in [9.17, 15) is 0 Å². The molecule has 2 atom stereocenters. The fourth-order valence-corrected chi connectivity index (χ4v) is 2.48. The highest BCUT2D eigenvalue weighted by atomic mass is 32.1. The number of rotatable bonds is 2. The van der Waals surface area contributed by atoms with E-state index in [1.165, 1.54) is 0 Å². The Kier molecular flexibility index (Phi) is 2.49. The molecule has 1 aliphatic heterocycles. The van der Waals surface area contributed by atoms with Crippen molar-refractivity contribution in [2.45, 2.75) is 38.8 Å². The lowest BCUT2D eigenvalue weighted by atomic mass is 9.95. The summed E-state index contributed by atoms with van der Waals surface area (Å²) >= 11 is 1.66. The van der Waals surface area contributed by atoms with Gasteiger partial charge in [0.1, 0.15) is 0 Å². The highest BCUT2D eigenvalue weighted by Gasteiger charge is 2.37. The predicted molar refractivity (Wildman–Crippen MR) is 58.9 cm³/mol. The lowest BCUT2D eigenvalue weighted by molar-refractivity contribution is 0.105. The first-order valence-electron chi connectivity index (χ1n) is 4.92. The smallest absolute Gasteiger partial charge is 0.183 e. The maximum atomic E-state index is 5.56. The Morgan fingerprint density at radius 3 is 3.00 bits per heavy atom. The summed E-state index contributed by atoms with van der Waals surface area (Å²) in [7, 11) is 0. The number of ether oxygens (including phenoxy) is 1. The molecule has 0 amide bonds. The Labute approximate surface area is 88.5 Å². The van der Waals surface area contributed by atoms with Crippen molar-refractivity contribution in [1.82, 2.24) is 4.98 Å². The number of aromatic nitrogens is 1. The maximum absolute atomic E-state index is 5.56. The van der Waals surface area contributed by atoms with Gasteiger partial charge in [0, 0.05) is 12.0 Å². The summed E-state index contributed by atoms with van der Waals surface area (Å²) < 4.78 is 5.56. The van der Waals surface area contributed by atoms with Gasteiger partial charge in [0.2, 0.25) is 0 Å². The van der Waals surface area contributed by atoms with Crippen molar-refractivity contribution in [2.24, 2.45) is 0 Å². The Morgan fingerprint density at radius 1 is 1.71 bits per heavy atom. The Hall–Kier alpha value is -0.610. The minimum atomic E-state index is 0.0459. The zero-order valence-electron chi connectivity index (χ0n) is 8.83. The summed E-state index contributed by atoms with van der Waals surface area (Å²) in [4.78, 5) is 4.41. The highest BCUT2D eigenvalue weighted by molar-refractivity contribution is 7.13. The van der Waals surface area contributed by atoms with Gasteiger partial charge in [0.25, 0.3) is 0 Å². The van der Waals surface area contributed by atoms with Crippen molar-refractivity contribution in [3.8, 4) is 0 Å². The van der Waals surface area contributed by atoms with E-state index in [-0.39, 0.29) is 11.6 Å². The Bertz CT molecular complexity index is 326. The summed E-state index contributed by atoms with van der Waals surface area (Å²) in [6, 6.07) is 0. The van der Waals surface area contributed by atoms with E-state index in [0.29, 0.717) is 0 Å². The number of anilines is 1. The van der Waals surface area contributed by atoms with Crippen molar-refractivity contribution in [1.29, 1.82) is 0 Å². The zero-order valence-corrected chi connectivity index (χ0v) is 9.65. The Morgan fingerprint density at radius 2 is 2.50 bits per heavy atom. The average Bonchev–Trinajstić information content (AvgIpc) is 2.62. The molecule has 1 aromatic heterocycles. The summed E-state index contributed by atoms with van der Waals surface area (Å²) in [6.45, 7) is 7.16. The molecule has 3 nitrogen and oxygen atoms in total. The van der Waals surface area contributed by atoms with Crippen LogP contribution in [0.3, 0.4) is 0 Å². The molecule has 0 aliphatic carbocycles. The van der Waals surface area contributed by atoms with E-state index in [1.807, 2.05) is 6.92 Å². The number of hydrogen-bond donors (Lipinski definition) is 1. The van der Waals surface area contributed by atoms with Gasteiger partial charge in [-0.2, -0.15) is 0 Å². The minimum absolute atomic E-state index is 0.0459. The van der Waals surface area contributed by atoms with Gasteiger partial charge in [0.05, 0.1) is 17.3 Å². The Balaban J connectivity index is 2.10. The summed E-state index contributed by atoms with van der Waals surface area (Å²) in [5.74, 6) is 0. The molecule has 0 aromatic carbocycles.